The van der Waals surface area contributed by atoms with Crippen LogP contribution >= 0.6 is 0 Å². The molecule has 0 saturated heterocycles. The summed E-state index contributed by atoms with van der Waals surface area (Å²) in [5.41, 5.74) is 0.293. The van der Waals surface area contributed by atoms with E-state index in [0.29, 0.717) is 13.0 Å². The molecule has 94 valence electrons. The summed E-state index contributed by atoms with van der Waals surface area (Å²) in [4.78, 5) is 9.72. The second kappa shape index (κ2) is 5.23. The number of halogens is 1. The Morgan fingerprint density at radius 1 is 1.41 bits per heavy atom. The van der Waals surface area contributed by atoms with Crippen molar-refractivity contribution in [2.75, 3.05) is 6.54 Å². The van der Waals surface area contributed by atoms with Crippen LogP contribution in [-0.2, 0) is 6.42 Å². The molecule has 5 heteroatoms. The first-order chi connectivity index (χ1) is 7.79. The number of hydrogen-bond acceptors (Lipinski definition) is 3. The number of hydrogen-bond donors (Lipinski definition) is 1. The van der Waals surface area contributed by atoms with Gasteiger partial charge in [-0.2, -0.15) is 4.39 Å². The van der Waals surface area contributed by atoms with Crippen molar-refractivity contribution in [1.29, 1.82) is 0 Å². The van der Waals surface area contributed by atoms with E-state index in [1.165, 1.54) is 12.1 Å². The lowest BCUT2D eigenvalue weighted by molar-refractivity contribution is -0.387. The molecule has 1 aromatic rings. The smallest absolute Gasteiger partial charge is 0.304 e. The maximum atomic E-state index is 13.3. The Morgan fingerprint density at radius 2 is 2.06 bits per heavy atom. The molecule has 0 bridgehead atoms. The van der Waals surface area contributed by atoms with E-state index >= 15 is 0 Å². The molecule has 0 atom stereocenters. The highest BCUT2D eigenvalue weighted by atomic mass is 19.1. The van der Waals surface area contributed by atoms with Gasteiger partial charge in [-0.25, -0.2) is 0 Å². The van der Waals surface area contributed by atoms with Crippen LogP contribution in [0.5, 0.6) is 0 Å². The number of rotatable bonds is 4. The summed E-state index contributed by atoms with van der Waals surface area (Å²) < 4.78 is 13.3. The van der Waals surface area contributed by atoms with Gasteiger partial charge >= 0.3 is 5.69 Å². The zero-order valence-corrected chi connectivity index (χ0v) is 10.3. The summed E-state index contributed by atoms with van der Waals surface area (Å²) in [5, 5.41) is 13.7. The van der Waals surface area contributed by atoms with Gasteiger partial charge in [-0.15, -0.1) is 0 Å². The summed E-state index contributed by atoms with van der Waals surface area (Å²) in [6.45, 7) is 6.84. The largest absolute Gasteiger partial charge is 0.312 e. The van der Waals surface area contributed by atoms with Crippen LogP contribution in [0, 0.1) is 15.9 Å². The standard InChI is InChI=1S/C12H17FN2O2/c1-12(2,3)14-7-6-9-4-5-11(15(16)17)10(13)8-9/h4-5,8,14H,6-7H2,1-3H3. The molecule has 1 aromatic carbocycles. The summed E-state index contributed by atoms with van der Waals surface area (Å²) >= 11 is 0. The van der Waals surface area contributed by atoms with E-state index < -0.39 is 16.4 Å². The quantitative estimate of drug-likeness (QED) is 0.650. The Balaban J connectivity index is 2.62. The summed E-state index contributed by atoms with van der Waals surface area (Å²) in [7, 11) is 0. The van der Waals surface area contributed by atoms with Gasteiger partial charge in [0.2, 0.25) is 5.82 Å². The van der Waals surface area contributed by atoms with Gasteiger partial charge in [-0.1, -0.05) is 6.07 Å². The molecule has 0 aromatic heterocycles. The van der Waals surface area contributed by atoms with E-state index in [9.17, 15) is 14.5 Å². The maximum Gasteiger partial charge on any atom is 0.304 e. The SMILES string of the molecule is CC(C)(C)NCCc1ccc([N+](=O)[O-])c(F)c1. The highest BCUT2D eigenvalue weighted by Gasteiger charge is 2.14. The predicted octanol–water partition coefficient (Wildman–Crippen LogP) is 2.66. The molecule has 0 aliphatic carbocycles. The van der Waals surface area contributed by atoms with Gasteiger partial charge in [-0.3, -0.25) is 10.1 Å². The number of nitro benzene ring substituents is 1. The van der Waals surface area contributed by atoms with Crippen LogP contribution in [0.2, 0.25) is 0 Å². The molecule has 0 amide bonds. The summed E-state index contributed by atoms with van der Waals surface area (Å²) in [6.07, 6.45) is 0.645. The lowest BCUT2D eigenvalue weighted by Crippen LogP contribution is -2.37. The second-order valence-electron chi connectivity index (χ2n) is 4.97. The highest BCUT2D eigenvalue weighted by molar-refractivity contribution is 5.35. The average Bonchev–Trinajstić information content (AvgIpc) is 2.15. The zero-order chi connectivity index (χ0) is 13.1. The minimum atomic E-state index is -0.775. The monoisotopic (exact) mass is 240 g/mol. The van der Waals surface area contributed by atoms with Crippen molar-refractivity contribution in [3.05, 3.63) is 39.7 Å². The lowest BCUT2D eigenvalue weighted by Gasteiger charge is -2.20. The Labute approximate surface area is 100.0 Å². The molecule has 0 fully saturated rings. The Bertz CT molecular complexity index is 413. The van der Waals surface area contributed by atoms with Gasteiger partial charge < -0.3 is 5.32 Å². The third-order valence-corrected chi connectivity index (χ3v) is 2.28. The first kappa shape index (κ1) is 13.6. The predicted molar refractivity (Wildman–Crippen MR) is 64.5 cm³/mol. The molecule has 0 spiro atoms. The molecular weight excluding hydrogens is 223 g/mol. The number of benzene rings is 1. The van der Waals surface area contributed by atoms with Crippen LogP contribution in [0.3, 0.4) is 0 Å². The van der Waals surface area contributed by atoms with Gasteiger partial charge in [0.05, 0.1) is 4.92 Å². The highest BCUT2D eigenvalue weighted by Crippen LogP contribution is 2.18. The molecule has 0 saturated carbocycles. The molecular formula is C12H17FN2O2. The fourth-order valence-electron chi connectivity index (χ4n) is 1.44. The van der Waals surface area contributed by atoms with Gasteiger partial charge in [0.15, 0.2) is 0 Å². The maximum absolute atomic E-state index is 13.3. The minimum Gasteiger partial charge on any atom is -0.312 e. The third kappa shape index (κ3) is 4.48. The first-order valence-corrected chi connectivity index (χ1v) is 5.47. The van der Waals surface area contributed by atoms with Crippen LogP contribution in [0.1, 0.15) is 26.3 Å². The number of nitro groups is 1. The molecule has 4 nitrogen and oxygen atoms in total. The van der Waals surface area contributed by atoms with Crippen LogP contribution in [0.25, 0.3) is 0 Å². The van der Waals surface area contributed by atoms with E-state index in [1.54, 1.807) is 6.07 Å². The van der Waals surface area contributed by atoms with Crippen molar-refractivity contribution in [1.82, 2.24) is 5.32 Å². The van der Waals surface area contributed by atoms with E-state index in [-0.39, 0.29) is 5.54 Å². The molecule has 0 radical (unpaired) electrons. The summed E-state index contributed by atoms with van der Waals surface area (Å²) in [6, 6.07) is 4.02. The van der Waals surface area contributed by atoms with E-state index in [0.717, 1.165) is 5.56 Å². The van der Waals surface area contributed by atoms with Crippen molar-refractivity contribution in [2.24, 2.45) is 0 Å². The van der Waals surface area contributed by atoms with Crippen LogP contribution in [0.15, 0.2) is 18.2 Å². The van der Waals surface area contributed by atoms with Gasteiger partial charge in [0.25, 0.3) is 0 Å². The van der Waals surface area contributed by atoms with E-state index in [4.69, 9.17) is 0 Å². The van der Waals surface area contributed by atoms with Gasteiger partial charge in [0, 0.05) is 11.6 Å². The van der Waals surface area contributed by atoms with Crippen molar-refractivity contribution >= 4 is 5.69 Å². The Hall–Kier alpha value is -1.49. The zero-order valence-electron chi connectivity index (χ0n) is 10.3. The normalized spacial score (nSPS) is 11.5. The van der Waals surface area contributed by atoms with Crippen LogP contribution in [0.4, 0.5) is 10.1 Å². The molecule has 17 heavy (non-hydrogen) atoms. The first-order valence-electron chi connectivity index (χ1n) is 5.47. The van der Waals surface area contributed by atoms with Crippen molar-refractivity contribution in [3.63, 3.8) is 0 Å². The van der Waals surface area contributed by atoms with Gasteiger partial charge in [0.1, 0.15) is 0 Å². The second-order valence-corrected chi connectivity index (χ2v) is 4.97. The average molecular weight is 240 g/mol. The van der Waals surface area contributed by atoms with Crippen LogP contribution in [-0.4, -0.2) is 17.0 Å². The van der Waals surface area contributed by atoms with Crippen molar-refractivity contribution in [2.45, 2.75) is 32.7 Å². The lowest BCUT2D eigenvalue weighted by atomic mass is 10.1. The minimum absolute atomic E-state index is 0.0132. The van der Waals surface area contributed by atoms with E-state index in [2.05, 4.69) is 5.32 Å². The Kier molecular flexibility index (Phi) is 4.17. The van der Waals surface area contributed by atoms with Crippen molar-refractivity contribution < 1.29 is 9.31 Å². The van der Waals surface area contributed by atoms with Crippen molar-refractivity contribution in [3.8, 4) is 0 Å². The van der Waals surface area contributed by atoms with Crippen LogP contribution < -0.4 is 5.32 Å². The molecule has 0 aliphatic heterocycles. The summed E-state index contributed by atoms with van der Waals surface area (Å²) in [5.74, 6) is -0.775. The Morgan fingerprint density at radius 3 is 2.53 bits per heavy atom. The van der Waals surface area contributed by atoms with Gasteiger partial charge in [-0.05, 0) is 45.4 Å². The number of nitrogens with zero attached hydrogens (tertiary/aromatic N) is 1. The molecule has 0 unspecified atom stereocenters. The number of nitrogens with one attached hydrogen (secondary N) is 1. The molecule has 0 heterocycles. The third-order valence-electron chi connectivity index (χ3n) is 2.28. The fourth-order valence-corrected chi connectivity index (χ4v) is 1.44. The molecule has 0 aliphatic rings. The van der Waals surface area contributed by atoms with E-state index in [1.807, 2.05) is 20.8 Å². The molecule has 1 N–H and O–H groups in total. The fraction of sp³-hybridized carbons (Fsp3) is 0.500. The topological polar surface area (TPSA) is 55.2 Å². The molecule has 1 rings (SSSR count).